The number of carbonyl (C=O) groups is 3. The van der Waals surface area contributed by atoms with Crippen molar-refractivity contribution in [1.82, 2.24) is 14.9 Å². The molecule has 3 heterocycles. The van der Waals surface area contributed by atoms with Crippen LogP contribution in [0.2, 0.25) is 0 Å². The van der Waals surface area contributed by atoms with E-state index in [0.717, 1.165) is 4.90 Å². The van der Waals surface area contributed by atoms with E-state index < -0.39 is 24.3 Å². The zero-order valence-electron chi connectivity index (χ0n) is 15.4. The number of aromatic nitrogens is 2. The third kappa shape index (κ3) is 3.00. The number of fused-ring (bicyclic) bond motifs is 2. The molecule has 0 radical (unpaired) electrons. The molecule has 1 aliphatic rings. The molecule has 0 bridgehead atoms. The van der Waals surface area contributed by atoms with Crippen molar-refractivity contribution in [2.75, 3.05) is 6.54 Å². The first-order valence-electron chi connectivity index (χ1n) is 9.08. The van der Waals surface area contributed by atoms with Gasteiger partial charge in [0.1, 0.15) is 23.5 Å². The Morgan fingerprint density at radius 1 is 0.967 bits per heavy atom. The van der Waals surface area contributed by atoms with Crippen LogP contribution in [0.25, 0.3) is 22.7 Å². The number of amides is 2. The molecule has 0 saturated heterocycles. The number of benzene rings is 2. The number of hydrogen-bond donors (Lipinski definition) is 0. The summed E-state index contributed by atoms with van der Waals surface area (Å²) in [7, 11) is 0. The highest BCUT2D eigenvalue weighted by atomic mass is 16.5. The second-order valence-electron chi connectivity index (χ2n) is 6.58. The molecule has 2 aromatic carbocycles. The predicted molar refractivity (Wildman–Crippen MR) is 105 cm³/mol. The Bertz CT molecular complexity index is 1280. The fourth-order valence-electron chi connectivity index (χ4n) is 3.24. The summed E-state index contributed by atoms with van der Waals surface area (Å²) in [4.78, 5) is 46.5. The van der Waals surface area contributed by atoms with Gasteiger partial charge in [-0.25, -0.2) is 9.78 Å². The standard InChI is InChI=1S/C22H13N3O5/c26-19(12-25-21(27)14-5-1-2-6-15(14)22(25)28)29-13-8-9-16-18(11-13)30-20(24-16)17-7-3-4-10-23-17/h1-11H,12H2. The van der Waals surface area contributed by atoms with Crippen molar-refractivity contribution in [3.63, 3.8) is 0 Å². The highest BCUT2D eigenvalue weighted by Crippen LogP contribution is 2.27. The van der Waals surface area contributed by atoms with Crippen LogP contribution in [0.1, 0.15) is 20.7 Å². The maximum Gasteiger partial charge on any atom is 0.331 e. The van der Waals surface area contributed by atoms with Gasteiger partial charge in [0.2, 0.25) is 5.89 Å². The summed E-state index contributed by atoms with van der Waals surface area (Å²) in [5.74, 6) is -1.21. The molecule has 0 saturated carbocycles. The molecule has 0 aliphatic carbocycles. The normalized spacial score (nSPS) is 13.0. The number of rotatable bonds is 4. The Labute approximate surface area is 169 Å². The van der Waals surface area contributed by atoms with Crippen LogP contribution in [0, 0.1) is 0 Å². The largest absolute Gasteiger partial charge is 0.435 e. The van der Waals surface area contributed by atoms with E-state index in [1.807, 2.05) is 6.07 Å². The zero-order chi connectivity index (χ0) is 20.7. The highest BCUT2D eigenvalue weighted by molar-refractivity contribution is 6.22. The Balaban J connectivity index is 1.33. The lowest BCUT2D eigenvalue weighted by Crippen LogP contribution is -2.36. The molecular weight excluding hydrogens is 386 g/mol. The van der Waals surface area contributed by atoms with E-state index >= 15 is 0 Å². The third-order valence-electron chi connectivity index (χ3n) is 4.64. The van der Waals surface area contributed by atoms with Crippen molar-refractivity contribution in [1.29, 1.82) is 0 Å². The summed E-state index contributed by atoms with van der Waals surface area (Å²) in [6.45, 7) is -0.486. The van der Waals surface area contributed by atoms with Gasteiger partial charge in [0, 0.05) is 12.3 Å². The van der Waals surface area contributed by atoms with Gasteiger partial charge in [-0.15, -0.1) is 0 Å². The van der Waals surface area contributed by atoms with Crippen LogP contribution in [0.15, 0.2) is 71.3 Å². The average Bonchev–Trinajstić information content (AvgIpc) is 3.29. The van der Waals surface area contributed by atoms with E-state index in [2.05, 4.69) is 9.97 Å². The molecule has 4 aromatic rings. The fraction of sp³-hybridized carbons (Fsp3) is 0.0455. The van der Waals surface area contributed by atoms with Gasteiger partial charge in [-0.3, -0.25) is 19.5 Å². The van der Waals surface area contributed by atoms with E-state index in [1.165, 1.54) is 6.07 Å². The maximum atomic E-state index is 12.4. The summed E-state index contributed by atoms with van der Waals surface area (Å²) in [5.41, 5.74) is 2.14. The van der Waals surface area contributed by atoms with Crippen LogP contribution in [-0.4, -0.2) is 39.2 Å². The molecule has 0 atom stereocenters. The Hall–Kier alpha value is -4.33. The molecule has 2 aromatic heterocycles. The van der Waals surface area contributed by atoms with Gasteiger partial charge >= 0.3 is 5.97 Å². The minimum absolute atomic E-state index is 0.216. The number of esters is 1. The Morgan fingerprint density at radius 3 is 2.40 bits per heavy atom. The van der Waals surface area contributed by atoms with Crippen molar-refractivity contribution < 1.29 is 23.5 Å². The summed E-state index contributed by atoms with van der Waals surface area (Å²) >= 11 is 0. The second kappa shape index (κ2) is 6.93. The van der Waals surface area contributed by atoms with Gasteiger partial charge in [-0.1, -0.05) is 18.2 Å². The zero-order valence-corrected chi connectivity index (χ0v) is 15.4. The van der Waals surface area contributed by atoms with Crippen molar-refractivity contribution in [3.05, 3.63) is 78.0 Å². The van der Waals surface area contributed by atoms with Crippen LogP contribution in [0.5, 0.6) is 5.75 Å². The summed E-state index contributed by atoms with van der Waals surface area (Å²) in [6, 6.07) is 16.6. The van der Waals surface area contributed by atoms with Crippen LogP contribution >= 0.6 is 0 Å². The van der Waals surface area contributed by atoms with Crippen LogP contribution in [0.3, 0.4) is 0 Å². The molecule has 8 heteroatoms. The molecule has 30 heavy (non-hydrogen) atoms. The van der Waals surface area contributed by atoms with E-state index in [4.69, 9.17) is 9.15 Å². The monoisotopic (exact) mass is 399 g/mol. The van der Waals surface area contributed by atoms with E-state index in [1.54, 1.807) is 54.7 Å². The van der Waals surface area contributed by atoms with Crippen molar-refractivity contribution >= 4 is 28.9 Å². The number of oxazole rings is 1. The molecule has 0 N–H and O–H groups in total. The Morgan fingerprint density at radius 2 is 1.70 bits per heavy atom. The smallest absolute Gasteiger partial charge is 0.331 e. The minimum atomic E-state index is -0.742. The van der Waals surface area contributed by atoms with Crippen molar-refractivity contribution in [2.24, 2.45) is 0 Å². The average molecular weight is 399 g/mol. The van der Waals surface area contributed by atoms with Crippen LogP contribution in [0.4, 0.5) is 0 Å². The number of imide groups is 1. The maximum absolute atomic E-state index is 12.4. The third-order valence-corrected chi connectivity index (χ3v) is 4.64. The molecule has 1 aliphatic heterocycles. The summed E-state index contributed by atoms with van der Waals surface area (Å²) in [6.07, 6.45) is 1.64. The number of pyridine rings is 1. The fourth-order valence-corrected chi connectivity index (χ4v) is 3.24. The Kier molecular flexibility index (Phi) is 4.10. The first-order valence-corrected chi connectivity index (χ1v) is 9.08. The first kappa shape index (κ1) is 17.7. The lowest BCUT2D eigenvalue weighted by atomic mass is 10.1. The number of nitrogens with zero attached hydrogens (tertiary/aromatic N) is 3. The predicted octanol–water partition coefficient (Wildman–Crippen LogP) is 3.09. The molecule has 8 nitrogen and oxygen atoms in total. The SMILES string of the molecule is O=C(CN1C(=O)c2ccccc2C1=O)Oc1ccc2nc(-c3ccccn3)oc2c1. The lowest BCUT2D eigenvalue weighted by molar-refractivity contribution is -0.134. The van der Waals surface area contributed by atoms with Gasteiger partial charge in [-0.05, 0) is 36.4 Å². The summed E-state index contributed by atoms with van der Waals surface area (Å²) in [5, 5.41) is 0. The molecular formula is C22H13N3O5. The highest BCUT2D eigenvalue weighted by Gasteiger charge is 2.36. The van der Waals surface area contributed by atoms with Gasteiger partial charge in [-0.2, -0.15) is 0 Å². The molecule has 0 spiro atoms. The lowest BCUT2D eigenvalue weighted by Gasteiger charge is -2.12. The molecule has 2 amide bonds. The van der Waals surface area contributed by atoms with E-state index in [9.17, 15) is 14.4 Å². The van der Waals surface area contributed by atoms with Gasteiger partial charge in [0.05, 0.1) is 11.1 Å². The molecule has 146 valence electrons. The van der Waals surface area contributed by atoms with E-state index in [0.29, 0.717) is 22.7 Å². The molecule has 5 rings (SSSR count). The van der Waals surface area contributed by atoms with Gasteiger partial charge in [0.15, 0.2) is 5.58 Å². The number of ether oxygens (including phenoxy) is 1. The first-order chi connectivity index (χ1) is 14.6. The van der Waals surface area contributed by atoms with Crippen molar-refractivity contribution in [3.8, 4) is 17.3 Å². The topological polar surface area (TPSA) is 103 Å². The minimum Gasteiger partial charge on any atom is -0.435 e. The van der Waals surface area contributed by atoms with Crippen molar-refractivity contribution in [2.45, 2.75) is 0 Å². The van der Waals surface area contributed by atoms with Gasteiger partial charge in [0.25, 0.3) is 11.8 Å². The quantitative estimate of drug-likeness (QED) is 0.295. The number of hydrogen-bond acceptors (Lipinski definition) is 7. The molecule has 0 unspecified atom stereocenters. The van der Waals surface area contributed by atoms with Crippen LogP contribution in [-0.2, 0) is 4.79 Å². The second-order valence-corrected chi connectivity index (χ2v) is 6.58. The summed E-state index contributed by atoms with van der Waals surface area (Å²) < 4.78 is 11.0. The van der Waals surface area contributed by atoms with E-state index in [-0.39, 0.29) is 16.9 Å². The molecule has 0 fully saturated rings. The van der Waals surface area contributed by atoms with Crippen LogP contribution < -0.4 is 4.74 Å². The number of carbonyl (C=O) groups excluding carboxylic acids is 3. The van der Waals surface area contributed by atoms with Gasteiger partial charge < -0.3 is 9.15 Å².